The zero-order valence-corrected chi connectivity index (χ0v) is 36.6. The van der Waals surface area contributed by atoms with Gasteiger partial charge in [0.05, 0.1) is 58.5 Å². The first-order valence-corrected chi connectivity index (χ1v) is 21.5. The normalized spacial score (nSPS) is 19.0. The average Bonchev–Trinajstić information content (AvgIpc) is 3.28. The van der Waals surface area contributed by atoms with Crippen LogP contribution in [0.3, 0.4) is 0 Å². The fourth-order valence-electron chi connectivity index (χ4n) is 8.91. The van der Waals surface area contributed by atoms with Crippen LogP contribution in [0.4, 0.5) is 61.5 Å². The highest BCUT2D eigenvalue weighted by Crippen LogP contribution is 2.44. The zero-order valence-electron chi connectivity index (χ0n) is 36.6. The van der Waals surface area contributed by atoms with Crippen LogP contribution in [0.25, 0.3) is 0 Å². The molecule has 0 aliphatic heterocycles. The molecule has 0 bridgehead atoms. The number of halogens is 14. The van der Waals surface area contributed by atoms with Crippen molar-refractivity contribution in [3.63, 3.8) is 0 Å². The number of pyridine rings is 2. The van der Waals surface area contributed by atoms with Crippen molar-refractivity contribution in [3.05, 3.63) is 209 Å². The molecule has 0 saturated carbocycles. The van der Waals surface area contributed by atoms with Gasteiger partial charge in [0, 0.05) is 47.0 Å². The quantitative estimate of drug-likeness (QED) is 0.149. The summed E-state index contributed by atoms with van der Waals surface area (Å²) in [6.45, 7) is 2.75. The molecule has 4 aromatic carbocycles. The van der Waals surface area contributed by atoms with E-state index in [9.17, 15) is 71.1 Å². The molecule has 0 spiro atoms. The minimum atomic E-state index is -4.98. The van der Waals surface area contributed by atoms with Gasteiger partial charge in [0.1, 0.15) is 11.6 Å². The van der Waals surface area contributed by atoms with E-state index in [2.05, 4.69) is 9.97 Å². The summed E-state index contributed by atoms with van der Waals surface area (Å²) in [5, 5.41) is 0. The largest absolute Gasteiger partial charge is 0.416 e. The molecule has 0 saturated heterocycles. The van der Waals surface area contributed by atoms with Gasteiger partial charge in [-0.15, -0.1) is 0 Å². The molecule has 2 aromatic heterocycles. The minimum Gasteiger partial charge on any atom is -0.370 e. The van der Waals surface area contributed by atoms with Crippen molar-refractivity contribution in [1.82, 2.24) is 9.97 Å². The van der Waals surface area contributed by atoms with Gasteiger partial charge in [-0.1, -0.05) is 31.7 Å². The van der Waals surface area contributed by atoms with Crippen LogP contribution in [-0.4, -0.2) is 22.2 Å². The molecule has 0 amide bonds. The van der Waals surface area contributed by atoms with Gasteiger partial charge in [-0.25, -0.2) is 8.78 Å². The number of rotatable bonds is 8. The van der Waals surface area contributed by atoms with E-state index < -0.39 is 94.8 Å². The van der Waals surface area contributed by atoms with Crippen LogP contribution in [0, 0.1) is 11.6 Å². The number of H-pyrrole nitrogens is 2. The van der Waals surface area contributed by atoms with Crippen molar-refractivity contribution < 1.29 is 70.9 Å². The number of aromatic amines is 2. The fraction of sp³-hybridized carbons (Fsp3) is 0.333. The highest BCUT2D eigenvalue weighted by atomic mass is 19.4. The van der Waals surface area contributed by atoms with E-state index in [4.69, 9.17) is 9.47 Å². The molecule has 2 unspecified atom stereocenters. The molecular formula is C51H44F14N2O4. The maximum absolute atomic E-state index is 13.5. The number of alkyl halides is 12. The Hall–Kier alpha value is -6.28. The van der Waals surface area contributed by atoms with E-state index in [1.165, 1.54) is 86.9 Å². The standard InChI is InChI=1S/2C25H20F7NO2.CH4/c2*1-13(15-10-16(24(27,28)29)12-17(11-15)25(30,31)32)35-21-7-6-19-20(34)8-9-33-23(19)22(21)14-2-4-18(26)5-3-14;/h2*2-5,8-13,21-22H,6-7H2,1H3,(H,33,34);1H4/t2*13?,21-,22+;/m00./s1. The first-order valence-electron chi connectivity index (χ1n) is 21.5. The van der Waals surface area contributed by atoms with Crippen molar-refractivity contribution >= 4 is 0 Å². The van der Waals surface area contributed by atoms with Gasteiger partial charge in [-0.2, -0.15) is 52.7 Å². The molecule has 6 aromatic rings. The third-order valence-corrected chi connectivity index (χ3v) is 12.3. The van der Waals surface area contributed by atoms with Crippen LogP contribution in [0.2, 0.25) is 0 Å². The van der Waals surface area contributed by atoms with E-state index in [0.29, 0.717) is 70.7 Å². The van der Waals surface area contributed by atoms with Crippen LogP contribution < -0.4 is 10.9 Å². The second-order valence-electron chi connectivity index (χ2n) is 16.9. The number of fused-ring (bicyclic) bond motifs is 2. The maximum Gasteiger partial charge on any atom is 0.416 e. The molecule has 6 atom stereocenters. The summed E-state index contributed by atoms with van der Waals surface area (Å²) in [7, 11) is 0. The third kappa shape index (κ3) is 12.4. The molecule has 380 valence electrons. The van der Waals surface area contributed by atoms with Gasteiger partial charge in [0.2, 0.25) is 0 Å². The lowest BCUT2D eigenvalue weighted by Crippen LogP contribution is -2.33. The minimum absolute atomic E-state index is 0. The topological polar surface area (TPSA) is 84.2 Å². The van der Waals surface area contributed by atoms with E-state index >= 15 is 0 Å². The molecule has 0 radical (unpaired) electrons. The summed E-state index contributed by atoms with van der Waals surface area (Å²) in [4.78, 5) is 30.8. The Kier molecular flexibility index (Phi) is 15.9. The highest BCUT2D eigenvalue weighted by Gasteiger charge is 2.41. The van der Waals surface area contributed by atoms with Crippen molar-refractivity contribution in [1.29, 1.82) is 0 Å². The Morgan fingerprint density at radius 2 is 0.775 bits per heavy atom. The van der Waals surface area contributed by atoms with Crippen LogP contribution in [-0.2, 0) is 47.0 Å². The first kappa shape index (κ1) is 54.1. The lowest BCUT2D eigenvalue weighted by Gasteiger charge is -2.35. The molecule has 8 rings (SSSR count). The molecule has 0 fully saturated rings. The smallest absolute Gasteiger partial charge is 0.370 e. The van der Waals surface area contributed by atoms with E-state index in [0.717, 1.165) is 0 Å². The fourth-order valence-corrected chi connectivity index (χ4v) is 8.91. The molecule has 2 N–H and O–H groups in total. The number of hydrogen-bond donors (Lipinski definition) is 2. The van der Waals surface area contributed by atoms with E-state index in [-0.39, 0.29) is 54.4 Å². The molecule has 20 heteroatoms. The molecule has 2 aliphatic carbocycles. The number of benzene rings is 4. The monoisotopic (exact) mass is 1010 g/mol. The van der Waals surface area contributed by atoms with E-state index in [1.807, 2.05) is 0 Å². The van der Waals surface area contributed by atoms with E-state index in [1.54, 1.807) is 0 Å². The summed E-state index contributed by atoms with van der Waals surface area (Å²) in [5.74, 6) is -2.19. The van der Waals surface area contributed by atoms with Gasteiger partial charge in [-0.05, 0) is 122 Å². The second-order valence-corrected chi connectivity index (χ2v) is 16.9. The summed E-state index contributed by atoms with van der Waals surface area (Å²) < 4.78 is 199. The van der Waals surface area contributed by atoms with Crippen molar-refractivity contribution in [2.45, 2.75) is 108 Å². The highest BCUT2D eigenvalue weighted by molar-refractivity contribution is 5.41. The average molecular weight is 1010 g/mol. The number of hydrogen-bond acceptors (Lipinski definition) is 4. The molecule has 2 aliphatic rings. The Morgan fingerprint density at radius 3 is 1.06 bits per heavy atom. The van der Waals surface area contributed by atoms with Crippen LogP contribution in [0.5, 0.6) is 0 Å². The summed E-state index contributed by atoms with van der Waals surface area (Å²) in [6.07, 6.45) is -19.5. The summed E-state index contributed by atoms with van der Waals surface area (Å²) in [5.41, 5.74) is -3.43. The van der Waals surface area contributed by atoms with Gasteiger partial charge in [0.25, 0.3) is 0 Å². The molecule has 6 nitrogen and oxygen atoms in total. The SMILES string of the molecule is C.CC(O[C@H]1CCc2c([nH]ccc2=O)[C@@H]1c1ccc(F)cc1)c1cc(C(F)(F)F)cc(C(F)(F)F)c1.CC(O[C@H]1CCc2c([nH]ccc2=O)[C@@H]1c1ccc(F)cc1)c1cc(C(F)(F)F)cc(C(F)(F)F)c1. The first-order chi connectivity index (χ1) is 32.7. The van der Waals surface area contributed by atoms with Crippen molar-refractivity contribution in [3.8, 4) is 0 Å². The van der Waals surface area contributed by atoms with Gasteiger partial charge in [0.15, 0.2) is 10.9 Å². The number of ether oxygens (including phenoxy) is 2. The number of nitrogens with one attached hydrogen (secondary N) is 2. The summed E-state index contributed by atoms with van der Waals surface area (Å²) in [6, 6.07) is 16.4. The number of aromatic nitrogens is 2. The van der Waals surface area contributed by atoms with Crippen LogP contribution in [0.15, 0.2) is 119 Å². The predicted molar refractivity (Wildman–Crippen MR) is 233 cm³/mol. The zero-order chi connectivity index (χ0) is 51.1. The molecule has 2 heterocycles. The molecular weight excluding hydrogens is 971 g/mol. The lowest BCUT2D eigenvalue weighted by atomic mass is 9.79. The molecule has 71 heavy (non-hydrogen) atoms. The van der Waals surface area contributed by atoms with Gasteiger partial charge < -0.3 is 19.4 Å². The summed E-state index contributed by atoms with van der Waals surface area (Å²) >= 11 is 0. The maximum atomic E-state index is 13.5. The Bertz CT molecular complexity index is 2660. The Morgan fingerprint density at radius 1 is 0.479 bits per heavy atom. The Labute approximate surface area is 396 Å². The van der Waals surface area contributed by atoms with Gasteiger partial charge in [-0.3, -0.25) is 9.59 Å². The third-order valence-electron chi connectivity index (χ3n) is 12.3. The van der Waals surface area contributed by atoms with Crippen molar-refractivity contribution in [2.24, 2.45) is 0 Å². The second kappa shape index (κ2) is 20.8. The lowest BCUT2D eigenvalue weighted by molar-refractivity contribution is -0.145. The predicted octanol–water partition coefficient (Wildman–Crippen LogP) is 14.2. The van der Waals surface area contributed by atoms with Crippen molar-refractivity contribution in [2.75, 3.05) is 0 Å². The van der Waals surface area contributed by atoms with Crippen LogP contribution in [0.1, 0.15) is 125 Å². The Balaban J connectivity index is 0.000000229. The van der Waals surface area contributed by atoms with Crippen LogP contribution >= 0.6 is 0 Å². The van der Waals surface area contributed by atoms with Gasteiger partial charge >= 0.3 is 24.7 Å².